The quantitative estimate of drug-likeness (QED) is 0.794. The van der Waals surface area contributed by atoms with Gasteiger partial charge in [0.2, 0.25) is 0 Å². The van der Waals surface area contributed by atoms with Crippen molar-refractivity contribution in [2.24, 2.45) is 0 Å². The fourth-order valence-electron chi connectivity index (χ4n) is 2.94. The first kappa shape index (κ1) is 14.6. The molecule has 0 radical (unpaired) electrons. The van der Waals surface area contributed by atoms with Gasteiger partial charge in [-0.2, -0.15) is 0 Å². The molecule has 0 fully saturated rings. The molecule has 1 heteroatoms. The van der Waals surface area contributed by atoms with Gasteiger partial charge in [0.25, 0.3) is 0 Å². The minimum Gasteiger partial charge on any atom is -0.399 e. The predicted molar refractivity (Wildman–Crippen MR) is 88.2 cm³/mol. The number of nitrogen functional groups attached to an aromatic ring is 1. The Balaban J connectivity index is 2.23. The van der Waals surface area contributed by atoms with Crippen molar-refractivity contribution in [3.8, 4) is 0 Å². The summed E-state index contributed by atoms with van der Waals surface area (Å²) in [7, 11) is 0. The summed E-state index contributed by atoms with van der Waals surface area (Å²) in [5, 5.41) is 0. The summed E-state index contributed by atoms with van der Waals surface area (Å²) in [5.74, 6) is 0. The SMILES string of the molecule is CCc1ccc(N)cc1CCc1c(C)cccc1CC. The molecule has 0 spiro atoms. The predicted octanol–water partition coefficient (Wildman–Crippen LogP) is 4.49. The van der Waals surface area contributed by atoms with E-state index >= 15 is 0 Å². The lowest BCUT2D eigenvalue weighted by molar-refractivity contribution is 0.901. The lowest BCUT2D eigenvalue weighted by Crippen LogP contribution is -2.02. The van der Waals surface area contributed by atoms with E-state index in [1.165, 1.54) is 27.8 Å². The lowest BCUT2D eigenvalue weighted by Gasteiger charge is -2.13. The summed E-state index contributed by atoms with van der Waals surface area (Å²) < 4.78 is 0. The van der Waals surface area contributed by atoms with Gasteiger partial charge in [-0.25, -0.2) is 0 Å². The van der Waals surface area contributed by atoms with Crippen LogP contribution in [0.1, 0.15) is 41.7 Å². The third-order valence-corrected chi connectivity index (χ3v) is 4.14. The maximum atomic E-state index is 5.94. The van der Waals surface area contributed by atoms with Crippen molar-refractivity contribution in [3.63, 3.8) is 0 Å². The molecule has 0 saturated heterocycles. The standard InChI is InChI=1S/C19H25N/c1-4-15-9-11-18(20)13-17(15)10-12-19-14(3)7-6-8-16(19)5-2/h6-9,11,13H,4-5,10,12,20H2,1-3H3. The average Bonchev–Trinajstić information content (AvgIpc) is 2.46. The Morgan fingerprint density at radius 3 is 2.30 bits per heavy atom. The molecule has 0 aliphatic rings. The van der Waals surface area contributed by atoms with Crippen molar-refractivity contribution in [3.05, 3.63) is 64.2 Å². The maximum Gasteiger partial charge on any atom is 0.0316 e. The number of nitrogens with two attached hydrogens (primary N) is 1. The second kappa shape index (κ2) is 6.60. The Morgan fingerprint density at radius 1 is 0.850 bits per heavy atom. The van der Waals surface area contributed by atoms with Crippen molar-refractivity contribution in [2.75, 3.05) is 5.73 Å². The van der Waals surface area contributed by atoms with Crippen molar-refractivity contribution in [2.45, 2.75) is 46.5 Å². The summed E-state index contributed by atoms with van der Waals surface area (Å²) in [5.41, 5.74) is 14.0. The van der Waals surface area contributed by atoms with Gasteiger partial charge in [0, 0.05) is 5.69 Å². The molecule has 2 N–H and O–H groups in total. The molecule has 106 valence electrons. The van der Waals surface area contributed by atoms with Gasteiger partial charge in [-0.3, -0.25) is 0 Å². The van der Waals surface area contributed by atoms with Gasteiger partial charge in [0.15, 0.2) is 0 Å². The van der Waals surface area contributed by atoms with Crippen LogP contribution in [0.25, 0.3) is 0 Å². The highest BCUT2D eigenvalue weighted by molar-refractivity contribution is 5.45. The van der Waals surface area contributed by atoms with E-state index in [0.29, 0.717) is 0 Å². The van der Waals surface area contributed by atoms with Gasteiger partial charge in [0.1, 0.15) is 0 Å². The van der Waals surface area contributed by atoms with Crippen LogP contribution < -0.4 is 5.73 Å². The third-order valence-electron chi connectivity index (χ3n) is 4.14. The fourth-order valence-corrected chi connectivity index (χ4v) is 2.94. The zero-order chi connectivity index (χ0) is 14.5. The highest BCUT2D eigenvalue weighted by Crippen LogP contribution is 2.21. The molecule has 20 heavy (non-hydrogen) atoms. The second-order valence-electron chi connectivity index (χ2n) is 5.45. The molecule has 0 unspecified atom stereocenters. The third kappa shape index (κ3) is 3.22. The molecule has 0 aliphatic heterocycles. The van der Waals surface area contributed by atoms with Crippen molar-refractivity contribution >= 4 is 5.69 Å². The molecule has 0 bridgehead atoms. The van der Waals surface area contributed by atoms with Gasteiger partial charge >= 0.3 is 0 Å². The molecular weight excluding hydrogens is 242 g/mol. The average molecular weight is 267 g/mol. The summed E-state index contributed by atoms with van der Waals surface area (Å²) >= 11 is 0. The van der Waals surface area contributed by atoms with E-state index in [2.05, 4.69) is 51.1 Å². The number of hydrogen-bond acceptors (Lipinski definition) is 1. The summed E-state index contributed by atoms with van der Waals surface area (Å²) in [4.78, 5) is 0. The molecule has 0 atom stereocenters. The first-order valence-corrected chi connectivity index (χ1v) is 7.60. The number of benzene rings is 2. The molecule has 0 aromatic heterocycles. The summed E-state index contributed by atoms with van der Waals surface area (Å²) in [6.45, 7) is 6.66. The van der Waals surface area contributed by atoms with Gasteiger partial charge in [-0.1, -0.05) is 38.1 Å². The smallest absolute Gasteiger partial charge is 0.0316 e. The van der Waals surface area contributed by atoms with Crippen LogP contribution in [0.2, 0.25) is 0 Å². The van der Waals surface area contributed by atoms with E-state index in [-0.39, 0.29) is 0 Å². The number of rotatable bonds is 5. The Labute approximate surface area is 122 Å². The summed E-state index contributed by atoms with van der Waals surface area (Å²) in [6.07, 6.45) is 4.36. The van der Waals surface area contributed by atoms with Crippen LogP contribution in [0.15, 0.2) is 36.4 Å². The maximum absolute atomic E-state index is 5.94. The number of anilines is 1. The normalized spacial score (nSPS) is 10.8. The van der Waals surface area contributed by atoms with Crippen molar-refractivity contribution in [1.82, 2.24) is 0 Å². The van der Waals surface area contributed by atoms with E-state index in [1.54, 1.807) is 0 Å². The Bertz CT molecular complexity index is 584. The molecule has 2 rings (SSSR count). The topological polar surface area (TPSA) is 26.0 Å². The first-order chi connectivity index (χ1) is 9.65. The van der Waals surface area contributed by atoms with Gasteiger partial charge in [-0.15, -0.1) is 0 Å². The lowest BCUT2D eigenvalue weighted by atomic mass is 9.92. The molecule has 2 aromatic rings. The van der Waals surface area contributed by atoms with E-state index in [9.17, 15) is 0 Å². The fraction of sp³-hybridized carbons (Fsp3) is 0.368. The van der Waals surface area contributed by atoms with Crippen LogP contribution in [0.5, 0.6) is 0 Å². The molecule has 2 aromatic carbocycles. The molecule has 0 aliphatic carbocycles. The van der Waals surface area contributed by atoms with Crippen LogP contribution in [0.3, 0.4) is 0 Å². The first-order valence-electron chi connectivity index (χ1n) is 7.60. The van der Waals surface area contributed by atoms with Crippen molar-refractivity contribution < 1.29 is 0 Å². The monoisotopic (exact) mass is 267 g/mol. The molecule has 1 nitrogen and oxygen atoms in total. The van der Waals surface area contributed by atoms with E-state index < -0.39 is 0 Å². The summed E-state index contributed by atoms with van der Waals surface area (Å²) in [6, 6.07) is 13.0. The number of hydrogen-bond donors (Lipinski definition) is 1. The van der Waals surface area contributed by atoms with Crippen LogP contribution in [0.4, 0.5) is 5.69 Å². The second-order valence-corrected chi connectivity index (χ2v) is 5.45. The van der Waals surface area contributed by atoms with Gasteiger partial charge in [0.05, 0.1) is 0 Å². The van der Waals surface area contributed by atoms with Crippen LogP contribution in [-0.4, -0.2) is 0 Å². The van der Waals surface area contributed by atoms with E-state index in [0.717, 1.165) is 31.4 Å². The zero-order valence-electron chi connectivity index (χ0n) is 12.9. The Morgan fingerprint density at radius 2 is 1.60 bits per heavy atom. The van der Waals surface area contributed by atoms with Crippen LogP contribution in [-0.2, 0) is 25.7 Å². The molecular formula is C19H25N. The van der Waals surface area contributed by atoms with E-state index in [4.69, 9.17) is 5.73 Å². The van der Waals surface area contributed by atoms with E-state index in [1.807, 2.05) is 6.07 Å². The Hall–Kier alpha value is -1.76. The van der Waals surface area contributed by atoms with Gasteiger partial charge in [-0.05, 0) is 72.6 Å². The van der Waals surface area contributed by atoms with Crippen molar-refractivity contribution in [1.29, 1.82) is 0 Å². The molecule has 0 heterocycles. The molecule has 0 saturated carbocycles. The van der Waals surface area contributed by atoms with Gasteiger partial charge < -0.3 is 5.73 Å². The number of aryl methyl sites for hydroxylation is 4. The van der Waals surface area contributed by atoms with Crippen LogP contribution in [0, 0.1) is 6.92 Å². The highest BCUT2D eigenvalue weighted by atomic mass is 14.5. The minimum atomic E-state index is 0.873. The highest BCUT2D eigenvalue weighted by Gasteiger charge is 2.07. The molecule has 0 amide bonds. The minimum absolute atomic E-state index is 0.873. The largest absolute Gasteiger partial charge is 0.399 e. The zero-order valence-corrected chi connectivity index (χ0v) is 12.9. The Kier molecular flexibility index (Phi) is 4.84. The van der Waals surface area contributed by atoms with Crippen LogP contribution >= 0.6 is 0 Å².